The zero-order valence-corrected chi connectivity index (χ0v) is 13.3. The first-order valence-electron chi connectivity index (χ1n) is 7.64. The van der Waals surface area contributed by atoms with E-state index in [2.05, 4.69) is 26.1 Å². The SMILES string of the molecule is Fc1ccc(Br)cc1CN(CC1CCCCN1)C1CC1. The van der Waals surface area contributed by atoms with E-state index in [1.54, 1.807) is 12.1 Å². The van der Waals surface area contributed by atoms with Gasteiger partial charge < -0.3 is 5.32 Å². The Balaban J connectivity index is 1.66. The minimum absolute atomic E-state index is 0.0875. The van der Waals surface area contributed by atoms with E-state index in [4.69, 9.17) is 0 Å². The first-order valence-corrected chi connectivity index (χ1v) is 8.43. The van der Waals surface area contributed by atoms with E-state index in [-0.39, 0.29) is 5.82 Å². The van der Waals surface area contributed by atoms with Gasteiger partial charge in [0, 0.05) is 35.2 Å². The summed E-state index contributed by atoms with van der Waals surface area (Å²) in [6.45, 7) is 2.92. The second-order valence-corrected chi connectivity index (χ2v) is 6.96. The molecule has 1 N–H and O–H groups in total. The summed E-state index contributed by atoms with van der Waals surface area (Å²) < 4.78 is 14.9. The van der Waals surface area contributed by atoms with Gasteiger partial charge in [0.2, 0.25) is 0 Å². The molecule has 110 valence electrons. The van der Waals surface area contributed by atoms with E-state index >= 15 is 0 Å². The van der Waals surface area contributed by atoms with Crippen LogP contribution in [0.5, 0.6) is 0 Å². The van der Waals surface area contributed by atoms with Crippen LogP contribution in [0.15, 0.2) is 22.7 Å². The molecule has 1 saturated carbocycles. The largest absolute Gasteiger partial charge is 0.313 e. The van der Waals surface area contributed by atoms with Crippen LogP contribution in [0.4, 0.5) is 4.39 Å². The Morgan fingerprint density at radius 3 is 2.80 bits per heavy atom. The highest BCUT2D eigenvalue weighted by molar-refractivity contribution is 9.10. The van der Waals surface area contributed by atoms with Crippen LogP contribution in [0, 0.1) is 5.82 Å². The van der Waals surface area contributed by atoms with Gasteiger partial charge in [-0.25, -0.2) is 4.39 Å². The van der Waals surface area contributed by atoms with Crippen LogP contribution in [0.2, 0.25) is 0 Å². The molecule has 1 unspecified atom stereocenters. The van der Waals surface area contributed by atoms with Crippen LogP contribution in [0.1, 0.15) is 37.7 Å². The maximum Gasteiger partial charge on any atom is 0.127 e. The predicted molar refractivity (Wildman–Crippen MR) is 83.2 cm³/mol. The second kappa shape index (κ2) is 6.54. The molecular formula is C16H22BrFN2. The summed E-state index contributed by atoms with van der Waals surface area (Å²) >= 11 is 3.44. The molecule has 0 bridgehead atoms. The summed E-state index contributed by atoms with van der Waals surface area (Å²) in [5.74, 6) is -0.0875. The molecular weight excluding hydrogens is 319 g/mol. The molecule has 1 atom stereocenters. The van der Waals surface area contributed by atoms with Gasteiger partial charge in [-0.15, -0.1) is 0 Å². The molecule has 1 aromatic rings. The standard InChI is InChI=1S/C16H22BrFN2/c17-13-4-7-16(18)12(9-13)10-20(15-5-6-15)11-14-3-1-2-8-19-14/h4,7,9,14-15,19H,1-3,5-6,8,10-11H2. The van der Waals surface area contributed by atoms with Crippen LogP contribution in [0.3, 0.4) is 0 Å². The molecule has 1 aliphatic carbocycles. The van der Waals surface area contributed by atoms with Crippen LogP contribution in [-0.2, 0) is 6.54 Å². The van der Waals surface area contributed by atoms with E-state index in [0.717, 1.165) is 29.7 Å². The molecule has 0 aromatic heterocycles. The second-order valence-electron chi connectivity index (χ2n) is 6.04. The van der Waals surface area contributed by atoms with Gasteiger partial charge >= 0.3 is 0 Å². The molecule has 0 spiro atoms. The van der Waals surface area contributed by atoms with Gasteiger partial charge in [0.25, 0.3) is 0 Å². The normalized spacial score (nSPS) is 23.2. The first-order chi connectivity index (χ1) is 9.72. The summed E-state index contributed by atoms with van der Waals surface area (Å²) in [4.78, 5) is 2.47. The molecule has 1 aliphatic heterocycles. The van der Waals surface area contributed by atoms with E-state index in [9.17, 15) is 4.39 Å². The first kappa shape index (κ1) is 14.5. The Labute approximate surface area is 128 Å². The summed E-state index contributed by atoms with van der Waals surface area (Å²) in [6, 6.07) is 6.49. The molecule has 3 rings (SSSR count). The van der Waals surface area contributed by atoms with Crippen molar-refractivity contribution in [2.24, 2.45) is 0 Å². The summed E-state index contributed by atoms with van der Waals surface area (Å²) in [7, 11) is 0. The molecule has 2 fully saturated rings. The lowest BCUT2D eigenvalue weighted by Gasteiger charge is -2.30. The molecule has 0 radical (unpaired) electrons. The highest BCUT2D eigenvalue weighted by Gasteiger charge is 2.31. The molecule has 1 heterocycles. The van der Waals surface area contributed by atoms with Crippen LogP contribution in [0.25, 0.3) is 0 Å². The van der Waals surface area contributed by atoms with E-state index in [1.165, 1.54) is 32.1 Å². The van der Waals surface area contributed by atoms with Crippen molar-refractivity contribution in [3.05, 3.63) is 34.1 Å². The fourth-order valence-corrected chi connectivity index (χ4v) is 3.44. The number of hydrogen-bond donors (Lipinski definition) is 1. The average Bonchev–Trinajstić information content (AvgIpc) is 3.28. The fourth-order valence-electron chi connectivity index (χ4n) is 3.03. The lowest BCUT2D eigenvalue weighted by Crippen LogP contribution is -2.44. The van der Waals surface area contributed by atoms with Crippen LogP contribution >= 0.6 is 15.9 Å². The van der Waals surface area contributed by atoms with E-state index < -0.39 is 0 Å². The van der Waals surface area contributed by atoms with Crippen molar-refractivity contribution in [1.82, 2.24) is 10.2 Å². The summed E-state index contributed by atoms with van der Waals surface area (Å²) in [5.41, 5.74) is 0.807. The van der Waals surface area contributed by atoms with Crippen molar-refractivity contribution in [2.45, 2.75) is 50.7 Å². The van der Waals surface area contributed by atoms with Crippen LogP contribution < -0.4 is 5.32 Å². The quantitative estimate of drug-likeness (QED) is 0.879. The lowest BCUT2D eigenvalue weighted by molar-refractivity contribution is 0.206. The Morgan fingerprint density at radius 1 is 1.25 bits per heavy atom. The number of hydrogen-bond acceptors (Lipinski definition) is 2. The minimum Gasteiger partial charge on any atom is -0.313 e. The third kappa shape index (κ3) is 3.80. The monoisotopic (exact) mass is 340 g/mol. The smallest absolute Gasteiger partial charge is 0.127 e. The van der Waals surface area contributed by atoms with Gasteiger partial charge in [-0.3, -0.25) is 4.90 Å². The predicted octanol–water partition coefficient (Wildman–Crippen LogP) is 3.69. The summed E-state index contributed by atoms with van der Waals surface area (Å²) in [6.07, 6.45) is 6.40. The number of nitrogens with one attached hydrogen (secondary N) is 1. The minimum atomic E-state index is -0.0875. The molecule has 0 amide bonds. The maximum atomic E-state index is 13.9. The highest BCUT2D eigenvalue weighted by Crippen LogP contribution is 2.30. The number of nitrogens with zero attached hydrogens (tertiary/aromatic N) is 1. The van der Waals surface area contributed by atoms with Crippen molar-refractivity contribution in [2.75, 3.05) is 13.1 Å². The van der Waals surface area contributed by atoms with E-state index in [1.807, 2.05) is 6.07 Å². The molecule has 1 aromatic carbocycles. The van der Waals surface area contributed by atoms with Crippen molar-refractivity contribution in [1.29, 1.82) is 0 Å². The van der Waals surface area contributed by atoms with Crippen molar-refractivity contribution < 1.29 is 4.39 Å². The van der Waals surface area contributed by atoms with Gasteiger partial charge in [0.1, 0.15) is 5.82 Å². The fraction of sp³-hybridized carbons (Fsp3) is 0.625. The van der Waals surface area contributed by atoms with Crippen molar-refractivity contribution in [3.8, 4) is 0 Å². The Bertz CT molecular complexity index is 456. The summed E-state index contributed by atoms with van der Waals surface area (Å²) in [5, 5.41) is 3.60. The molecule has 2 nitrogen and oxygen atoms in total. The highest BCUT2D eigenvalue weighted by atomic mass is 79.9. The van der Waals surface area contributed by atoms with Crippen molar-refractivity contribution >= 4 is 15.9 Å². The molecule has 20 heavy (non-hydrogen) atoms. The Morgan fingerprint density at radius 2 is 2.10 bits per heavy atom. The molecule has 1 saturated heterocycles. The zero-order chi connectivity index (χ0) is 13.9. The van der Waals surface area contributed by atoms with Gasteiger partial charge in [0.15, 0.2) is 0 Å². The third-order valence-corrected chi connectivity index (χ3v) is 4.80. The molecule has 2 aliphatic rings. The Kier molecular flexibility index (Phi) is 4.74. The van der Waals surface area contributed by atoms with Crippen molar-refractivity contribution in [3.63, 3.8) is 0 Å². The van der Waals surface area contributed by atoms with E-state index in [0.29, 0.717) is 12.1 Å². The number of rotatable bonds is 5. The van der Waals surface area contributed by atoms with Gasteiger partial charge in [0.05, 0.1) is 0 Å². The lowest BCUT2D eigenvalue weighted by atomic mass is 10.0. The van der Waals surface area contributed by atoms with Gasteiger partial charge in [-0.1, -0.05) is 22.4 Å². The third-order valence-electron chi connectivity index (χ3n) is 4.31. The van der Waals surface area contributed by atoms with Gasteiger partial charge in [-0.05, 0) is 50.4 Å². The van der Waals surface area contributed by atoms with Gasteiger partial charge in [-0.2, -0.15) is 0 Å². The maximum absolute atomic E-state index is 13.9. The number of halogens is 2. The topological polar surface area (TPSA) is 15.3 Å². The average molecular weight is 341 g/mol. The number of piperidine rings is 1. The van der Waals surface area contributed by atoms with Crippen LogP contribution in [-0.4, -0.2) is 30.1 Å². The Hall–Kier alpha value is -0.450. The molecule has 4 heteroatoms. The zero-order valence-electron chi connectivity index (χ0n) is 11.7. The number of benzene rings is 1.